The van der Waals surface area contributed by atoms with Crippen molar-refractivity contribution in [1.29, 1.82) is 0 Å². The average molecular weight is 707 g/mol. The molecule has 0 aromatic carbocycles. The number of hydrogen-bond donors (Lipinski definition) is 4. The van der Waals surface area contributed by atoms with Crippen molar-refractivity contribution in [2.24, 2.45) is 52.3 Å². The Bertz CT molecular complexity index is 1180. The Morgan fingerprint density at radius 3 is 2.19 bits per heavy atom. The molecule has 0 unspecified atom stereocenters. The fourth-order valence-corrected chi connectivity index (χ4v) is 11.4. The first-order chi connectivity index (χ1) is 21.0. The number of carboxylic acids is 1. The first kappa shape index (κ1) is 42.5. The van der Waals surface area contributed by atoms with E-state index in [0.717, 1.165) is 38.5 Å². The molecular weight excluding hydrogens is 654 g/mol. The van der Waals surface area contributed by atoms with E-state index in [-0.39, 0.29) is 106 Å². The molecule has 0 amide bonds. The van der Waals surface area contributed by atoms with Crippen LogP contribution in [0.2, 0.25) is 0 Å². The van der Waals surface area contributed by atoms with E-state index in [1.807, 2.05) is 0 Å². The van der Waals surface area contributed by atoms with Gasteiger partial charge in [-0.2, -0.15) is 0 Å². The van der Waals surface area contributed by atoms with Crippen molar-refractivity contribution in [3.8, 4) is 0 Å². The number of aliphatic carboxylic acids is 1. The van der Waals surface area contributed by atoms with Crippen LogP contribution in [-0.4, -0.2) is 88.9 Å². The number of rotatable bonds is 10. The van der Waals surface area contributed by atoms with Crippen molar-refractivity contribution in [1.82, 2.24) is 0 Å². The summed E-state index contributed by atoms with van der Waals surface area (Å²) < 4.78 is 49.2. The molecule has 12 nitrogen and oxygen atoms in total. The number of carbonyl (C=O) groups excluding carboxylic acids is 1. The molecule has 1 saturated heterocycles. The Morgan fingerprint density at radius 1 is 0.936 bits per heavy atom. The maximum atomic E-state index is 12.1. The van der Waals surface area contributed by atoms with E-state index >= 15 is 0 Å². The molecule has 15 heteroatoms. The van der Waals surface area contributed by atoms with Crippen LogP contribution in [0.15, 0.2) is 0 Å². The topological polar surface area (TPSA) is 206 Å². The second-order valence-corrected chi connectivity index (χ2v) is 16.4. The number of carbonyl (C=O) groups is 1. The second-order valence-electron chi connectivity index (χ2n) is 15.3. The van der Waals surface area contributed by atoms with Gasteiger partial charge in [-0.25, -0.2) is 8.42 Å². The first-order valence-electron chi connectivity index (χ1n) is 16.8. The van der Waals surface area contributed by atoms with Gasteiger partial charge in [-0.05, 0) is 104 Å². The van der Waals surface area contributed by atoms with Crippen LogP contribution in [-0.2, 0) is 28.9 Å². The van der Waals surface area contributed by atoms with Crippen LogP contribution in [0.1, 0.15) is 91.9 Å². The van der Waals surface area contributed by atoms with Crippen LogP contribution in [0.3, 0.4) is 0 Å². The molecule has 5 rings (SSSR count). The third kappa shape index (κ3) is 8.35. The Balaban J connectivity index is 0.00000300. The van der Waals surface area contributed by atoms with E-state index in [1.165, 1.54) is 0 Å². The summed E-state index contributed by atoms with van der Waals surface area (Å²) in [5, 5.41) is 54.5. The van der Waals surface area contributed by atoms with Gasteiger partial charge in [0, 0.05) is 12.4 Å². The molecule has 260 valence electrons. The molecule has 4 saturated carbocycles. The third-order valence-corrected chi connectivity index (χ3v) is 13.7. The molecule has 47 heavy (non-hydrogen) atoms. The molecule has 5 fully saturated rings. The van der Waals surface area contributed by atoms with Gasteiger partial charge in [0.1, 0.15) is 18.3 Å². The van der Waals surface area contributed by atoms with Crippen LogP contribution >= 0.6 is 0 Å². The predicted octanol–water partition coefficient (Wildman–Crippen LogP) is -4.90. The largest absolute Gasteiger partial charge is 1.00 e. The van der Waals surface area contributed by atoms with E-state index < -0.39 is 59.6 Å². The minimum atomic E-state index is -4.72. The Labute approximate surface area is 323 Å². The SMILES string of the molecule is CC[C@H]1[C@@H](O)[C@@H]2[C@H](CC[C@]3(C)[C@@H]([C@H](C)CCOS(=O)(=O)[O-])CC[C@@H]23)[C@@]2(C)CC[C@@H](O[C@@H]3O[C@H](CC(=O)[O-])[C@@H](O)[C@H](O)[C@H]3O)C[C@@H]12.[Na+].[Na+]. The van der Waals surface area contributed by atoms with Crippen molar-refractivity contribution >= 4 is 16.4 Å². The average Bonchev–Trinajstić information content (AvgIpc) is 3.31. The summed E-state index contributed by atoms with van der Waals surface area (Å²) in [6.07, 6.45) is -1.32. The summed E-state index contributed by atoms with van der Waals surface area (Å²) in [5.41, 5.74) is -0.0351. The number of fused-ring (bicyclic) bond motifs is 5. The molecule has 1 heterocycles. The molecule has 1 aliphatic heterocycles. The third-order valence-electron chi connectivity index (χ3n) is 13.3. The number of aliphatic hydroxyl groups excluding tert-OH is 4. The maximum Gasteiger partial charge on any atom is 1.00 e. The van der Waals surface area contributed by atoms with E-state index in [9.17, 15) is 43.3 Å². The molecule has 16 atom stereocenters. The number of ether oxygens (including phenoxy) is 2. The minimum absolute atomic E-state index is 0. The molecule has 4 N–H and O–H groups in total. The van der Waals surface area contributed by atoms with Gasteiger partial charge in [-0.1, -0.05) is 34.1 Å². The van der Waals surface area contributed by atoms with Gasteiger partial charge in [-0.3, -0.25) is 4.18 Å². The maximum absolute atomic E-state index is 12.1. The monoisotopic (exact) mass is 706 g/mol. The zero-order chi connectivity index (χ0) is 33.1. The van der Waals surface area contributed by atoms with Crippen molar-refractivity contribution in [3.63, 3.8) is 0 Å². The Morgan fingerprint density at radius 2 is 1.57 bits per heavy atom. The van der Waals surface area contributed by atoms with Gasteiger partial charge in [0.05, 0.1) is 24.9 Å². The van der Waals surface area contributed by atoms with Gasteiger partial charge in [-0.15, -0.1) is 0 Å². The van der Waals surface area contributed by atoms with Crippen molar-refractivity contribution in [2.45, 2.75) is 135 Å². The Kier molecular flexibility index (Phi) is 14.8. The van der Waals surface area contributed by atoms with Gasteiger partial charge >= 0.3 is 59.1 Å². The first-order valence-corrected chi connectivity index (χ1v) is 18.2. The molecule has 0 aromatic heterocycles. The molecule has 0 radical (unpaired) electrons. The number of aliphatic hydroxyl groups is 4. The van der Waals surface area contributed by atoms with Crippen LogP contribution in [0.4, 0.5) is 0 Å². The van der Waals surface area contributed by atoms with Crippen molar-refractivity contribution < 1.29 is 116 Å². The van der Waals surface area contributed by atoms with Gasteiger partial charge < -0.3 is 44.4 Å². The van der Waals surface area contributed by atoms with E-state index in [4.69, 9.17) is 9.47 Å². The van der Waals surface area contributed by atoms with E-state index in [0.29, 0.717) is 37.0 Å². The van der Waals surface area contributed by atoms with Crippen LogP contribution in [0.25, 0.3) is 0 Å². The standard InChI is InChI=1S/C32H54O12S.2Na/c1-5-18-22-14-17(43-30-29(38)28(37)27(36)23(44-30)15-24(33)34)8-11-32(22,4)21-9-12-31(3)19(6-7-20(31)25(21)26(18)35)16(2)10-13-42-45(39,40)41;;/h16-23,25-30,35-38H,5-15H2,1-4H3,(H,33,34)(H,39,40,41);;/q;2*+1/p-2/t16-,17-,18-,19-,20+,21+,22+,23-,25+,26-,27-,28+,29-,30-,31-,32-;;/m1../s1. The number of hydrogen-bond acceptors (Lipinski definition) is 12. The van der Waals surface area contributed by atoms with Crippen LogP contribution in [0.5, 0.6) is 0 Å². The molecule has 0 spiro atoms. The summed E-state index contributed by atoms with van der Waals surface area (Å²) >= 11 is 0. The van der Waals surface area contributed by atoms with Gasteiger partial charge in [0.2, 0.25) is 10.4 Å². The second kappa shape index (κ2) is 16.4. The molecular formula is C32H52Na2O12S. The van der Waals surface area contributed by atoms with E-state index in [1.54, 1.807) is 0 Å². The smallest absolute Gasteiger partial charge is 0.726 e. The van der Waals surface area contributed by atoms with E-state index in [2.05, 4.69) is 31.9 Å². The summed E-state index contributed by atoms with van der Waals surface area (Å²) in [7, 11) is -4.72. The van der Waals surface area contributed by atoms with Crippen molar-refractivity contribution in [2.75, 3.05) is 6.61 Å². The molecule has 0 aromatic rings. The predicted molar refractivity (Wildman–Crippen MR) is 156 cm³/mol. The molecule has 0 bridgehead atoms. The minimum Gasteiger partial charge on any atom is -0.726 e. The molecule has 4 aliphatic carbocycles. The summed E-state index contributed by atoms with van der Waals surface area (Å²) in [5.74, 6) is 0.0774. The fourth-order valence-electron chi connectivity index (χ4n) is 11.1. The van der Waals surface area contributed by atoms with Gasteiger partial charge in [0.15, 0.2) is 6.29 Å². The summed E-state index contributed by atoms with van der Waals surface area (Å²) in [6.45, 7) is 8.82. The Hall–Kier alpha value is 1.10. The van der Waals surface area contributed by atoms with Crippen molar-refractivity contribution in [3.05, 3.63) is 0 Å². The number of carboxylic acid groups (broad SMARTS) is 1. The zero-order valence-electron chi connectivity index (χ0n) is 28.8. The zero-order valence-corrected chi connectivity index (χ0v) is 33.6. The van der Waals surface area contributed by atoms with Crippen LogP contribution in [0, 0.1) is 52.3 Å². The van der Waals surface area contributed by atoms with Gasteiger partial charge in [0.25, 0.3) is 0 Å². The molecule has 5 aliphatic rings. The quantitative estimate of drug-likeness (QED) is 0.0731. The summed E-state index contributed by atoms with van der Waals surface area (Å²) in [6, 6.07) is 0. The van der Waals surface area contributed by atoms with Crippen LogP contribution < -0.4 is 64.2 Å². The summed E-state index contributed by atoms with van der Waals surface area (Å²) in [4.78, 5) is 11.2. The normalized spacial score (nSPS) is 47.0. The fraction of sp³-hybridized carbons (Fsp3) is 0.969.